The molecule has 1 heteroatoms. The van der Waals surface area contributed by atoms with Crippen molar-refractivity contribution in [2.45, 2.75) is 64.9 Å². The Hall–Kier alpha value is -0.0400. The molecule has 2 saturated carbocycles. The minimum atomic E-state index is 0.0150. The fourth-order valence-corrected chi connectivity index (χ4v) is 4.05. The molecule has 0 radical (unpaired) electrons. The minimum absolute atomic E-state index is 0.0150. The molecule has 4 atom stereocenters. The molecule has 0 aromatic rings. The molecule has 2 aliphatic rings. The average molecular weight is 210 g/mol. The second-order valence-electron chi connectivity index (χ2n) is 6.19. The summed E-state index contributed by atoms with van der Waals surface area (Å²) in [4.78, 5) is 0. The smallest absolute Gasteiger partial charge is 0.0571 e. The highest BCUT2D eigenvalue weighted by atomic mass is 16.3. The highest BCUT2D eigenvalue weighted by Crippen LogP contribution is 2.42. The first-order valence-corrected chi connectivity index (χ1v) is 6.85. The van der Waals surface area contributed by atoms with E-state index >= 15 is 0 Å². The summed E-state index contributed by atoms with van der Waals surface area (Å²) in [6, 6.07) is 0. The van der Waals surface area contributed by atoms with Crippen LogP contribution >= 0.6 is 0 Å². The summed E-state index contributed by atoms with van der Waals surface area (Å²) in [7, 11) is 0. The monoisotopic (exact) mass is 210 g/mol. The molecule has 0 amide bonds. The van der Waals surface area contributed by atoms with Crippen molar-refractivity contribution in [3.63, 3.8) is 0 Å². The SMILES string of the molecule is CC1CC(C)CC(C2CCCCC2O)C1. The molecule has 0 aromatic carbocycles. The molecule has 2 fully saturated rings. The number of rotatable bonds is 1. The lowest BCUT2D eigenvalue weighted by molar-refractivity contribution is 0.0114. The van der Waals surface area contributed by atoms with Gasteiger partial charge in [0.1, 0.15) is 0 Å². The molecule has 1 nitrogen and oxygen atoms in total. The predicted octanol–water partition coefficient (Wildman–Crippen LogP) is 3.61. The summed E-state index contributed by atoms with van der Waals surface area (Å²) < 4.78 is 0. The van der Waals surface area contributed by atoms with Gasteiger partial charge in [0.25, 0.3) is 0 Å². The first-order valence-electron chi connectivity index (χ1n) is 6.85. The number of aliphatic hydroxyl groups is 1. The third-order valence-electron chi connectivity index (χ3n) is 4.60. The predicted molar refractivity (Wildman–Crippen MR) is 63.6 cm³/mol. The van der Waals surface area contributed by atoms with Gasteiger partial charge in [-0.05, 0) is 55.8 Å². The molecule has 0 heterocycles. The van der Waals surface area contributed by atoms with E-state index in [0.29, 0.717) is 5.92 Å². The maximum atomic E-state index is 10.1. The van der Waals surface area contributed by atoms with Crippen LogP contribution in [-0.4, -0.2) is 11.2 Å². The number of hydrogen-bond acceptors (Lipinski definition) is 1. The zero-order valence-corrected chi connectivity index (χ0v) is 10.3. The van der Waals surface area contributed by atoms with Crippen LogP contribution in [0.4, 0.5) is 0 Å². The quantitative estimate of drug-likeness (QED) is 0.701. The van der Waals surface area contributed by atoms with Crippen LogP contribution in [-0.2, 0) is 0 Å². The van der Waals surface area contributed by atoms with E-state index in [0.717, 1.165) is 24.2 Å². The van der Waals surface area contributed by atoms with Gasteiger partial charge in [0, 0.05) is 0 Å². The van der Waals surface area contributed by atoms with Crippen molar-refractivity contribution in [2.24, 2.45) is 23.7 Å². The van der Waals surface area contributed by atoms with Crippen LogP contribution in [0.3, 0.4) is 0 Å². The topological polar surface area (TPSA) is 20.2 Å². The summed E-state index contributed by atoms with van der Waals surface area (Å²) in [5.74, 6) is 3.21. The molecule has 2 aliphatic carbocycles. The molecule has 0 bridgehead atoms. The van der Waals surface area contributed by atoms with Crippen LogP contribution in [0.1, 0.15) is 58.8 Å². The largest absolute Gasteiger partial charge is 0.393 e. The van der Waals surface area contributed by atoms with Crippen LogP contribution in [0.5, 0.6) is 0 Å². The molecule has 1 N–H and O–H groups in total. The van der Waals surface area contributed by atoms with Crippen LogP contribution in [0.25, 0.3) is 0 Å². The Labute approximate surface area is 94.3 Å². The highest BCUT2D eigenvalue weighted by molar-refractivity contribution is 4.85. The Kier molecular flexibility index (Phi) is 3.71. The summed E-state index contributed by atoms with van der Waals surface area (Å²) in [5.41, 5.74) is 0. The average Bonchev–Trinajstić information content (AvgIpc) is 2.16. The van der Waals surface area contributed by atoms with Gasteiger partial charge in [-0.15, -0.1) is 0 Å². The molecule has 88 valence electrons. The van der Waals surface area contributed by atoms with Crippen molar-refractivity contribution in [1.82, 2.24) is 0 Å². The van der Waals surface area contributed by atoms with Gasteiger partial charge in [-0.25, -0.2) is 0 Å². The van der Waals surface area contributed by atoms with Gasteiger partial charge < -0.3 is 5.11 Å². The van der Waals surface area contributed by atoms with Gasteiger partial charge in [0.2, 0.25) is 0 Å². The van der Waals surface area contributed by atoms with Gasteiger partial charge in [0.05, 0.1) is 6.10 Å². The Morgan fingerprint density at radius 1 is 0.867 bits per heavy atom. The summed E-state index contributed by atoms with van der Waals surface area (Å²) in [6.07, 6.45) is 9.09. The molecular formula is C14H26O. The molecule has 4 unspecified atom stereocenters. The zero-order valence-electron chi connectivity index (χ0n) is 10.3. The lowest BCUT2D eigenvalue weighted by Crippen LogP contribution is -2.35. The molecular weight excluding hydrogens is 184 g/mol. The number of aliphatic hydroxyl groups excluding tert-OH is 1. The Bertz CT molecular complexity index is 192. The molecule has 0 aromatic heterocycles. The van der Waals surface area contributed by atoms with E-state index in [1.54, 1.807) is 0 Å². The Balaban J connectivity index is 1.95. The fourth-order valence-electron chi connectivity index (χ4n) is 4.05. The normalized spacial score (nSPS) is 47.8. The summed E-state index contributed by atoms with van der Waals surface area (Å²) in [6.45, 7) is 4.77. The molecule has 2 rings (SSSR count). The van der Waals surface area contributed by atoms with Crippen molar-refractivity contribution in [3.8, 4) is 0 Å². The van der Waals surface area contributed by atoms with Crippen molar-refractivity contribution in [1.29, 1.82) is 0 Å². The standard InChI is InChI=1S/C14H26O/c1-10-7-11(2)9-12(8-10)13-5-3-4-6-14(13)15/h10-15H,3-9H2,1-2H3. The van der Waals surface area contributed by atoms with E-state index < -0.39 is 0 Å². The number of hydrogen-bond donors (Lipinski definition) is 1. The van der Waals surface area contributed by atoms with E-state index in [1.165, 1.54) is 38.5 Å². The third kappa shape index (κ3) is 2.75. The van der Waals surface area contributed by atoms with Gasteiger partial charge in [-0.2, -0.15) is 0 Å². The Morgan fingerprint density at radius 3 is 2.07 bits per heavy atom. The van der Waals surface area contributed by atoms with Crippen LogP contribution < -0.4 is 0 Å². The second-order valence-corrected chi connectivity index (χ2v) is 6.19. The maximum Gasteiger partial charge on any atom is 0.0571 e. The lowest BCUT2D eigenvalue weighted by atomic mass is 9.67. The first-order chi connectivity index (χ1) is 7.16. The maximum absolute atomic E-state index is 10.1. The van der Waals surface area contributed by atoms with E-state index in [-0.39, 0.29) is 6.10 Å². The van der Waals surface area contributed by atoms with E-state index in [1.807, 2.05) is 0 Å². The summed E-state index contributed by atoms with van der Waals surface area (Å²) >= 11 is 0. The van der Waals surface area contributed by atoms with E-state index in [4.69, 9.17) is 0 Å². The van der Waals surface area contributed by atoms with Crippen molar-refractivity contribution in [2.75, 3.05) is 0 Å². The van der Waals surface area contributed by atoms with Crippen molar-refractivity contribution in [3.05, 3.63) is 0 Å². The van der Waals surface area contributed by atoms with E-state index in [9.17, 15) is 5.11 Å². The Morgan fingerprint density at radius 2 is 1.47 bits per heavy atom. The summed E-state index contributed by atoms with van der Waals surface area (Å²) in [5, 5.41) is 10.1. The highest BCUT2D eigenvalue weighted by Gasteiger charge is 2.34. The van der Waals surface area contributed by atoms with Crippen molar-refractivity contribution < 1.29 is 5.11 Å². The van der Waals surface area contributed by atoms with Crippen LogP contribution in [0.2, 0.25) is 0 Å². The van der Waals surface area contributed by atoms with E-state index in [2.05, 4.69) is 13.8 Å². The van der Waals surface area contributed by atoms with Crippen molar-refractivity contribution >= 4 is 0 Å². The fraction of sp³-hybridized carbons (Fsp3) is 1.00. The van der Waals surface area contributed by atoms with Gasteiger partial charge in [0.15, 0.2) is 0 Å². The minimum Gasteiger partial charge on any atom is -0.393 e. The third-order valence-corrected chi connectivity index (χ3v) is 4.60. The lowest BCUT2D eigenvalue weighted by Gasteiger charge is -2.40. The zero-order chi connectivity index (χ0) is 10.8. The molecule has 0 aliphatic heterocycles. The van der Waals surface area contributed by atoms with Gasteiger partial charge in [-0.3, -0.25) is 0 Å². The molecule has 15 heavy (non-hydrogen) atoms. The molecule has 0 saturated heterocycles. The van der Waals surface area contributed by atoms with Crippen LogP contribution in [0, 0.1) is 23.7 Å². The first kappa shape index (κ1) is 11.4. The van der Waals surface area contributed by atoms with Gasteiger partial charge in [-0.1, -0.05) is 26.7 Å². The second kappa shape index (κ2) is 4.86. The van der Waals surface area contributed by atoms with Crippen LogP contribution in [0.15, 0.2) is 0 Å². The van der Waals surface area contributed by atoms with Gasteiger partial charge >= 0.3 is 0 Å². The molecule has 0 spiro atoms.